The van der Waals surface area contributed by atoms with E-state index in [1.54, 1.807) is 30.5 Å². The highest BCUT2D eigenvalue weighted by Gasteiger charge is 2.30. The number of nitrogens with zero attached hydrogens (tertiary/aromatic N) is 3. The van der Waals surface area contributed by atoms with Gasteiger partial charge in [-0.2, -0.15) is 0 Å². The van der Waals surface area contributed by atoms with Gasteiger partial charge in [0.2, 0.25) is 0 Å². The molecule has 0 bridgehead atoms. The van der Waals surface area contributed by atoms with Crippen LogP contribution in [0, 0.1) is 5.82 Å². The molecule has 0 unspecified atom stereocenters. The van der Waals surface area contributed by atoms with Gasteiger partial charge in [0.15, 0.2) is 5.65 Å². The lowest BCUT2D eigenvalue weighted by atomic mass is 10.1. The molecule has 0 aliphatic heterocycles. The molecule has 5 nitrogen and oxygen atoms in total. The summed E-state index contributed by atoms with van der Waals surface area (Å²) in [7, 11) is 0. The van der Waals surface area contributed by atoms with Crippen LogP contribution in [-0.4, -0.2) is 20.5 Å². The van der Waals surface area contributed by atoms with Crippen LogP contribution in [0.5, 0.6) is 5.75 Å². The highest BCUT2D eigenvalue weighted by atomic mass is 19.4. The van der Waals surface area contributed by atoms with Crippen molar-refractivity contribution < 1.29 is 22.3 Å². The number of hydrogen-bond acceptors (Lipinski definition) is 3. The highest BCUT2D eigenvalue weighted by Crippen LogP contribution is 2.26. The molecule has 30 heavy (non-hydrogen) atoms. The molecule has 0 aliphatic carbocycles. The van der Waals surface area contributed by atoms with Crippen molar-refractivity contribution in [3.8, 4) is 16.9 Å². The van der Waals surface area contributed by atoms with Gasteiger partial charge in [0.1, 0.15) is 11.6 Å². The Morgan fingerprint density at radius 2 is 1.57 bits per heavy atom. The van der Waals surface area contributed by atoms with E-state index in [2.05, 4.69) is 9.84 Å². The molecule has 0 amide bonds. The van der Waals surface area contributed by atoms with Crippen molar-refractivity contribution in [3.05, 3.63) is 88.7 Å². The van der Waals surface area contributed by atoms with E-state index in [0.29, 0.717) is 29.7 Å². The maximum atomic E-state index is 13.0. The van der Waals surface area contributed by atoms with E-state index in [1.807, 2.05) is 0 Å². The molecular formula is C21H15F4N3O2. The topological polar surface area (TPSA) is 48.5 Å². The molecule has 154 valence electrons. The van der Waals surface area contributed by atoms with E-state index in [0.717, 1.165) is 5.56 Å². The number of fused-ring (bicyclic) bond motifs is 1. The number of benzene rings is 2. The van der Waals surface area contributed by atoms with Crippen molar-refractivity contribution in [2.24, 2.45) is 0 Å². The summed E-state index contributed by atoms with van der Waals surface area (Å²) in [5.74, 6) is -0.646. The predicted octanol–water partition coefficient (Wildman–Crippen LogP) is 4.44. The zero-order valence-electron chi connectivity index (χ0n) is 15.4. The Balaban J connectivity index is 1.56. The van der Waals surface area contributed by atoms with Crippen LogP contribution in [0.25, 0.3) is 16.8 Å². The molecule has 0 saturated carbocycles. The molecule has 2 aromatic carbocycles. The number of aryl methyl sites for hydroxylation is 2. The fourth-order valence-electron chi connectivity index (χ4n) is 3.07. The summed E-state index contributed by atoms with van der Waals surface area (Å²) < 4.78 is 56.4. The third-order valence-corrected chi connectivity index (χ3v) is 4.52. The second-order valence-corrected chi connectivity index (χ2v) is 6.60. The summed E-state index contributed by atoms with van der Waals surface area (Å²) in [6, 6.07) is 14.8. The van der Waals surface area contributed by atoms with Crippen LogP contribution in [-0.2, 0) is 13.0 Å². The summed E-state index contributed by atoms with van der Waals surface area (Å²) in [5, 5.41) is 4.28. The maximum Gasteiger partial charge on any atom is 0.573 e. The Morgan fingerprint density at radius 3 is 2.23 bits per heavy atom. The van der Waals surface area contributed by atoms with E-state index in [9.17, 15) is 22.4 Å². The predicted molar refractivity (Wildman–Crippen MR) is 102 cm³/mol. The number of halogens is 4. The molecule has 9 heteroatoms. The first kappa shape index (κ1) is 19.7. The van der Waals surface area contributed by atoms with Gasteiger partial charge in [0.25, 0.3) is 0 Å². The Labute approximate surface area is 167 Å². The zero-order chi connectivity index (χ0) is 21.3. The Morgan fingerprint density at radius 1 is 0.900 bits per heavy atom. The monoisotopic (exact) mass is 417 g/mol. The van der Waals surface area contributed by atoms with Crippen LogP contribution in [0.4, 0.5) is 17.6 Å². The first-order chi connectivity index (χ1) is 14.3. The first-order valence-electron chi connectivity index (χ1n) is 8.98. The van der Waals surface area contributed by atoms with E-state index < -0.39 is 6.36 Å². The first-order valence-corrected chi connectivity index (χ1v) is 8.98. The largest absolute Gasteiger partial charge is 0.573 e. The molecule has 0 N–H and O–H groups in total. The lowest BCUT2D eigenvalue weighted by Crippen LogP contribution is -2.22. The molecule has 2 heterocycles. The normalized spacial score (nSPS) is 11.7. The molecule has 0 fully saturated rings. The minimum absolute atomic E-state index is 0.321. The van der Waals surface area contributed by atoms with Gasteiger partial charge >= 0.3 is 12.1 Å². The van der Waals surface area contributed by atoms with Crippen LogP contribution in [0.15, 0.2) is 71.7 Å². The van der Waals surface area contributed by atoms with Crippen LogP contribution in [0.2, 0.25) is 0 Å². The van der Waals surface area contributed by atoms with E-state index in [-0.39, 0.29) is 17.3 Å². The second kappa shape index (κ2) is 7.66. The third kappa shape index (κ3) is 4.35. The van der Waals surface area contributed by atoms with Gasteiger partial charge in [-0.05, 0) is 59.5 Å². The van der Waals surface area contributed by atoms with Crippen LogP contribution in [0.3, 0.4) is 0 Å². The van der Waals surface area contributed by atoms with Gasteiger partial charge in [0.05, 0.1) is 6.54 Å². The van der Waals surface area contributed by atoms with E-state index >= 15 is 0 Å². The third-order valence-electron chi connectivity index (χ3n) is 4.52. The van der Waals surface area contributed by atoms with E-state index in [4.69, 9.17) is 0 Å². The Bertz CT molecular complexity index is 1230. The summed E-state index contributed by atoms with van der Waals surface area (Å²) in [6.07, 6.45) is -2.66. The summed E-state index contributed by atoms with van der Waals surface area (Å²) in [6.45, 7) is 0.324. The Hall–Kier alpha value is -3.62. The summed E-state index contributed by atoms with van der Waals surface area (Å²) in [4.78, 5) is 12.7. The van der Waals surface area contributed by atoms with Crippen molar-refractivity contribution in [3.63, 3.8) is 0 Å². The summed E-state index contributed by atoms with van der Waals surface area (Å²) >= 11 is 0. The number of rotatable bonds is 5. The standard InChI is InChI=1S/C21H15F4N3O2/c22-17-6-1-14(2-7-17)11-12-28-20(29)27-13-16(5-10-19(27)26-28)15-3-8-18(9-4-15)30-21(23,24)25/h1-10,13H,11-12H2. The molecule has 0 aliphatic rings. The number of alkyl halides is 3. The number of hydrogen-bond donors (Lipinski definition) is 0. The van der Waals surface area contributed by atoms with Gasteiger partial charge in [-0.25, -0.2) is 18.3 Å². The molecule has 4 aromatic rings. The second-order valence-electron chi connectivity index (χ2n) is 6.60. The maximum absolute atomic E-state index is 13.0. The van der Waals surface area contributed by atoms with Crippen molar-refractivity contribution in [2.75, 3.05) is 0 Å². The van der Waals surface area contributed by atoms with Crippen molar-refractivity contribution in [1.82, 2.24) is 14.2 Å². The number of pyridine rings is 1. The van der Waals surface area contributed by atoms with Crippen LogP contribution >= 0.6 is 0 Å². The minimum atomic E-state index is -4.75. The molecule has 4 rings (SSSR count). The molecule has 0 radical (unpaired) electrons. The number of aromatic nitrogens is 3. The van der Waals surface area contributed by atoms with Crippen molar-refractivity contribution >= 4 is 5.65 Å². The molecule has 0 spiro atoms. The SMILES string of the molecule is O=c1n(CCc2ccc(F)cc2)nc2ccc(-c3ccc(OC(F)(F)F)cc3)cn12. The minimum Gasteiger partial charge on any atom is -0.406 e. The van der Waals surface area contributed by atoms with Gasteiger partial charge in [-0.1, -0.05) is 24.3 Å². The van der Waals surface area contributed by atoms with Crippen molar-refractivity contribution in [2.45, 2.75) is 19.3 Å². The van der Waals surface area contributed by atoms with Crippen LogP contribution in [0.1, 0.15) is 5.56 Å². The van der Waals surface area contributed by atoms with Gasteiger partial charge in [0, 0.05) is 6.20 Å². The van der Waals surface area contributed by atoms with Gasteiger partial charge in [-0.15, -0.1) is 18.3 Å². The molecular weight excluding hydrogens is 402 g/mol. The van der Waals surface area contributed by atoms with Gasteiger partial charge < -0.3 is 4.74 Å². The van der Waals surface area contributed by atoms with Gasteiger partial charge in [-0.3, -0.25) is 0 Å². The lowest BCUT2D eigenvalue weighted by Gasteiger charge is -2.09. The van der Waals surface area contributed by atoms with E-state index in [1.165, 1.54) is 45.5 Å². The number of ether oxygens (including phenoxy) is 1. The zero-order valence-corrected chi connectivity index (χ0v) is 15.4. The highest BCUT2D eigenvalue weighted by molar-refractivity contribution is 5.65. The van der Waals surface area contributed by atoms with Crippen molar-refractivity contribution in [1.29, 1.82) is 0 Å². The average Bonchev–Trinajstić information content (AvgIpc) is 3.02. The van der Waals surface area contributed by atoms with Crippen LogP contribution < -0.4 is 10.4 Å². The summed E-state index contributed by atoms with van der Waals surface area (Å²) in [5.41, 5.74) is 2.24. The smallest absolute Gasteiger partial charge is 0.406 e. The quantitative estimate of drug-likeness (QED) is 0.451. The fraction of sp³-hybridized carbons (Fsp3) is 0.143. The Kier molecular flexibility index (Phi) is 5.03. The average molecular weight is 417 g/mol. The molecule has 0 atom stereocenters. The fourth-order valence-corrected chi connectivity index (χ4v) is 3.07. The lowest BCUT2D eigenvalue weighted by molar-refractivity contribution is -0.274. The molecule has 0 saturated heterocycles. The molecule has 2 aromatic heterocycles.